The van der Waals surface area contributed by atoms with Gasteiger partial charge in [-0.05, 0) is 49.4 Å². The fourth-order valence-electron chi connectivity index (χ4n) is 1.63. The second kappa shape index (κ2) is 6.30. The summed E-state index contributed by atoms with van der Waals surface area (Å²) in [7, 11) is 0. The van der Waals surface area contributed by atoms with Crippen LogP contribution in [-0.2, 0) is 4.79 Å². The number of halogens is 1. The summed E-state index contributed by atoms with van der Waals surface area (Å²) in [6, 6.07) is 13.8. The molecule has 0 aromatic heterocycles. The minimum absolute atomic E-state index is 0.245. The van der Waals surface area contributed by atoms with Crippen molar-refractivity contribution < 1.29 is 9.53 Å². The van der Waals surface area contributed by atoms with Gasteiger partial charge in [0.05, 0.1) is 0 Å². The number of rotatable bonds is 4. The SMILES string of the molecule is CC(Oc1ccc(Cl)cc1)C(=O)Nc1cccc(N)c1. The topological polar surface area (TPSA) is 64.3 Å². The van der Waals surface area contributed by atoms with E-state index < -0.39 is 6.10 Å². The van der Waals surface area contributed by atoms with Gasteiger partial charge in [0, 0.05) is 16.4 Å². The fourth-order valence-corrected chi connectivity index (χ4v) is 1.76. The molecule has 1 unspecified atom stereocenters. The van der Waals surface area contributed by atoms with Gasteiger partial charge in [-0.25, -0.2) is 0 Å². The Morgan fingerprint density at radius 2 is 1.95 bits per heavy atom. The van der Waals surface area contributed by atoms with Crippen molar-refractivity contribution in [2.75, 3.05) is 11.1 Å². The summed E-state index contributed by atoms with van der Waals surface area (Å²) >= 11 is 5.79. The number of amides is 1. The van der Waals surface area contributed by atoms with E-state index in [0.717, 1.165) is 0 Å². The van der Waals surface area contributed by atoms with Crippen LogP contribution in [0.5, 0.6) is 5.75 Å². The number of carbonyl (C=O) groups is 1. The molecule has 0 aliphatic carbocycles. The van der Waals surface area contributed by atoms with Crippen LogP contribution in [0.4, 0.5) is 11.4 Å². The molecule has 1 atom stereocenters. The van der Waals surface area contributed by atoms with Crippen LogP contribution in [0.1, 0.15) is 6.92 Å². The monoisotopic (exact) mass is 290 g/mol. The highest BCUT2D eigenvalue weighted by Crippen LogP contribution is 2.18. The van der Waals surface area contributed by atoms with Gasteiger partial charge in [-0.1, -0.05) is 17.7 Å². The van der Waals surface area contributed by atoms with Gasteiger partial charge in [0.25, 0.3) is 5.91 Å². The lowest BCUT2D eigenvalue weighted by molar-refractivity contribution is -0.122. The van der Waals surface area contributed by atoms with Crippen molar-refractivity contribution in [2.45, 2.75) is 13.0 Å². The van der Waals surface area contributed by atoms with E-state index in [1.165, 1.54) is 0 Å². The molecule has 0 saturated carbocycles. The standard InChI is InChI=1S/C15H15ClN2O2/c1-10(20-14-7-5-11(16)6-8-14)15(19)18-13-4-2-3-12(17)9-13/h2-10H,17H2,1H3,(H,18,19). The lowest BCUT2D eigenvalue weighted by Crippen LogP contribution is -2.30. The average Bonchev–Trinajstić information content (AvgIpc) is 2.41. The van der Waals surface area contributed by atoms with E-state index in [2.05, 4.69) is 5.32 Å². The molecule has 4 nitrogen and oxygen atoms in total. The highest BCUT2D eigenvalue weighted by atomic mass is 35.5. The maximum Gasteiger partial charge on any atom is 0.265 e. The molecule has 3 N–H and O–H groups in total. The Kier molecular flexibility index (Phi) is 4.48. The van der Waals surface area contributed by atoms with Crippen LogP contribution >= 0.6 is 11.6 Å². The van der Waals surface area contributed by atoms with Crippen LogP contribution in [0.15, 0.2) is 48.5 Å². The van der Waals surface area contributed by atoms with Crippen LogP contribution in [0.3, 0.4) is 0 Å². The molecule has 0 aliphatic rings. The highest BCUT2D eigenvalue weighted by molar-refractivity contribution is 6.30. The molecule has 0 bridgehead atoms. The Labute approximate surface area is 122 Å². The lowest BCUT2D eigenvalue weighted by atomic mass is 10.2. The van der Waals surface area contributed by atoms with E-state index in [0.29, 0.717) is 22.1 Å². The largest absolute Gasteiger partial charge is 0.481 e. The maximum absolute atomic E-state index is 12.0. The summed E-state index contributed by atoms with van der Waals surface area (Å²) in [5.41, 5.74) is 6.89. The predicted molar refractivity (Wildman–Crippen MR) is 81.0 cm³/mol. The number of hydrogen-bond donors (Lipinski definition) is 2. The first-order valence-corrected chi connectivity index (χ1v) is 6.51. The summed E-state index contributed by atoms with van der Waals surface area (Å²) in [6.45, 7) is 1.68. The minimum atomic E-state index is -0.627. The van der Waals surface area contributed by atoms with Gasteiger partial charge in [-0.2, -0.15) is 0 Å². The number of benzene rings is 2. The van der Waals surface area contributed by atoms with Crippen molar-refractivity contribution in [3.63, 3.8) is 0 Å². The van der Waals surface area contributed by atoms with Crippen LogP contribution in [0, 0.1) is 0 Å². The van der Waals surface area contributed by atoms with E-state index in [1.54, 1.807) is 55.5 Å². The number of ether oxygens (including phenoxy) is 1. The first-order valence-electron chi connectivity index (χ1n) is 6.13. The van der Waals surface area contributed by atoms with Crippen LogP contribution in [0.2, 0.25) is 5.02 Å². The van der Waals surface area contributed by atoms with Crippen molar-refractivity contribution in [3.05, 3.63) is 53.6 Å². The van der Waals surface area contributed by atoms with E-state index >= 15 is 0 Å². The van der Waals surface area contributed by atoms with Gasteiger partial charge in [-0.15, -0.1) is 0 Å². The lowest BCUT2D eigenvalue weighted by Gasteiger charge is -2.15. The molecule has 0 spiro atoms. The minimum Gasteiger partial charge on any atom is -0.481 e. The van der Waals surface area contributed by atoms with Gasteiger partial charge in [-0.3, -0.25) is 4.79 Å². The molecule has 104 valence electrons. The Morgan fingerprint density at radius 1 is 1.25 bits per heavy atom. The Morgan fingerprint density at radius 3 is 2.60 bits per heavy atom. The Hall–Kier alpha value is -2.20. The van der Waals surface area contributed by atoms with Crippen LogP contribution in [-0.4, -0.2) is 12.0 Å². The van der Waals surface area contributed by atoms with E-state index in [1.807, 2.05) is 0 Å². The third-order valence-corrected chi connectivity index (χ3v) is 2.90. The van der Waals surface area contributed by atoms with Crippen molar-refractivity contribution in [2.24, 2.45) is 0 Å². The third kappa shape index (κ3) is 3.90. The smallest absolute Gasteiger partial charge is 0.265 e. The maximum atomic E-state index is 12.0. The average molecular weight is 291 g/mol. The van der Waals surface area contributed by atoms with Gasteiger partial charge in [0.2, 0.25) is 0 Å². The molecule has 2 rings (SSSR count). The second-order valence-electron chi connectivity index (χ2n) is 4.33. The first-order chi connectivity index (χ1) is 9.54. The summed E-state index contributed by atoms with van der Waals surface area (Å²) in [6.07, 6.45) is -0.627. The van der Waals surface area contributed by atoms with E-state index in [4.69, 9.17) is 22.1 Å². The molecule has 0 fully saturated rings. The molecule has 0 aliphatic heterocycles. The number of hydrogen-bond acceptors (Lipinski definition) is 3. The predicted octanol–water partition coefficient (Wildman–Crippen LogP) is 3.33. The van der Waals surface area contributed by atoms with Crippen molar-refractivity contribution in [1.82, 2.24) is 0 Å². The molecular formula is C15H15ClN2O2. The second-order valence-corrected chi connectivity index (χ2v) is 4.77. The summed E-state index contributed by atoms with van der Waals surface area (Å²) in [5.74, 6) is 0.343. The number of nitrogens with two attached hydrogens (primary N) is 1. The zero-order chi connectivity index (χ0) is 14.5. The molecule has 2 aromatic carbocycles. The van der Waals surface area contributed by atoms with Gasteiger partial charge < -0.3 is 15.8 Å². The fraction of sp³-hybridized carbons (Fsp3) is 0.133. The normalized spacial score (nSPS) is 11.7. The Bertz CT molecular complexity index is 599. The number of carbonyl (C=O) groups excluding carboxylic acids is 1. The highest BCUT2D eigenvalue weighted by Gasteiger charge is 2.14. The zero-order valence-electron chi connectivity index (χ0n) is 11.0. The molecular weight excluding hydrogens is 276 g/mol. The van der Waals surface area contributed by atoms with E-state index in [9.17, 15) is 4.79 Å². The molecule has 0 heterocycles. The molecule has 0 radical (unpaired) electrons. The molecule has 20 heavy (non-hydrogen) atoms. The van der Waals surface area contributed by atoms with Crippen molar-refractivity contribution in [3.8, 4) is 5.75 Å². The van der Waals surface area contributed by atoms with Gasteiger partial charge >= 0.3 is 0 Å². The van der Waals surface area contributed by atoms with Gasteiger partial charge in [0.15, 0.2) is 6.10 Å². The van der Waals surface area contributed by atoms with Gasteiger partial charge in [0.1, 0.15) is 5.75 Å². The number of nitrogens with one attached hydrogen (secondary N) is 1. The molecule has 5 heteroatoms. The summed E-state index contributed by atoms with van der Waals surface area (Å²) in [5, 5.41) is 3.36. The van der Waals surface area contributed by atoms with E-state index in [-0.39, 0.29) is 5.91 Å². The van der Waals surface area contributed by atoms with Crippen LogP contribution < -0.4 is 15.8 Å². The summed E-state index contributed by atoms with van der Waals surface area (Å²) in [4.78, 5) is 12.0. The number of nitrogen functional groups attached to an aromatic ring is 1. The zero-order valence-corrected chi connectivity index (χ0v) is 11.7. The van der Waals surface area contributed by atoms with Crippen LogP contribution in [0.25, 0.3) is 0 Å². The molecule has 1 amide bonds. The molecule has 0 saturated heterocycles. The Balaban J connectivity index is 1.96. The van der Waals surface area contributed by atoms with Crippen molar-refractivity contribution >= 4 is 28.9 Å². The summed E-state index contributed by atoms with van der Waals surface area (Å²) < 4.78 is 5.53. The molecule has 2 aromatic rings. The quantitative estimate of drug-likeness (QED) is 0.849. The van der Waals surface area contributed by atoms with Crippen molar-refractivity contribution in [1.29, 1.82) is 0 Å². The third-order valence-electron chi connectivity index (χ3n) is 2.65. The first kappa shape index (κ1) is 14.2. The number of anilines is 2.